The molecule has 0 aliphatic rings. The lowest BCUT2D eigenvalue weighted by Crippen LogP contribution is -2.05. The zero-order valence-corrected chi connectivity index (χ0v) is 11.6. The Morgan fingerprint density at radius 1 is 1.05 bits per heavy atom. The second-order valence-corrected chi connectivity index (χ2v) is 5.99. The van der Waals surface area contributed by atoms with Gasteiger partial charge in [-0.25, -0.2) is 0 Å². The minimum atomic E-state index is -4.57. The van der Waals surface area contributed by atoms with E-state index in [1.54, 1.807) is 0 Å². The zero-order chi connectivity index (χ0) is 15.6. The van der Waals surface area contributed by atoms with Crippen LogP contribution in [0.5, 0.6) is 0 Å². The van der Waals surface area contributed by atoms with E-state index in [4.69, 9.17) is 0 Å². The van der Waals surface area contributed by atoms with Crippen molar-refractivity contribution in [2.75, 3.05) is 0 Å². The highest BCUT2D eigenvalue weighted by atomic mass is 32.2. The summed E-state index contributed by atoms with van der Waals surface area (Å²) in [6.45, 7) is 1.16. The highest BCUT2D eigenvalue weighted by Gasteiger charge is 2.32. The topological polar surface area (TPSA) is 17.1 Å². The SMILES string of the molecule is CC(=O)Cc1cc(SC(F)(F)F)ccc1SC(F)(F)F. The highest BCUT2D eigenvalue weighted by molar-refractivity contribution is 8.00. The third-order valence-electron chi connectivity index (χ3n) is 1.93. The van der Waals surface area contributed by atoms with Gasteiger partial charge in [-0.2, -0.15) is 26.3 Å². The molecule has 20 heavy (non-hydrogen) atoms. The molecular weight excluding hydrogens is 326 g/mol. The number of alkyl halides is 6. The Bertz CT molecular complexity index is 495. The van der Waals surface area contributed by atoms with Crippen molar-refractivity contribution in [2.24, 2.45) is 0 Å². The average molecular weight is 334 g/mol. The van der Waals surface area contributed by atoms with Gasteiger partial charge in [0.2, 0.25) is 0 Å². The van der Waals surface area contributed by atoms with Crippen molar-refractivity contribution >= 4 is 29.3 Å². The van der Waals surface area contributed by atoms with E-state index in [9.17, 15) is 31.1 Å². The van der Waals surface area contributed by atoms with Crippen molar-refractivity contribution < 1.29 is 31.1 Å². The van der Waals surface area contributed by atoms with Crippen LogP contribution in [0.25, 0.3) is 0 Å². The maximum Gasteiger partial charge on any atom is 0.446 e. The second kappa shape index (κ2) is 6.30. The molecule has 0 aliphatic heterocycles. The molecule has 0 heterocycles. The largest absolute Gasteiger partial charge is 0.446 e. The van der Waals surface area contributed by atoms with Crippen LogP contribution in [0.1, 0.15) is 12.5 Å². The summed E-state index contributed by atoms with van der Waals surface area (Å²) in [6.07, 6.45) is -0.343. The normalized spacial score (nSPS) is 12.6. The van der Waals surface area contributed by atoms with Crippen molar-refractivity contribution in [2.45, 2.75) is 34.2 Å². The summed E-state index contributed by atoms with van der Waals surface area (Å²) in [7, 11) is 0. The first kappa shape index (κ1) is 17.2. The van der Waals surface area contributed by atoms with Crippen LogP contribution in [-0.2, 0) is 11.2 Å². The lowest BCUT2D eigenvalue weighted by Gasteiger charge is -2.12. The lowest BCUT2D eigenvalue weighted by molar-refractivity contribution is -0.116. The Labute approximate surface area is 119 Å². The molecule has 0 fully saturated rings. The standard InChI is InChI=1S/C11H8F6OS2/c1-6(18)4-7-5-8(19-10(12,13)14)2-3-9(7)20-11(15,16)17/h2-3,5H,4H2,1H3. The molecule has 1 rings (SSSR count). The van der Waals surface area contributed by atoms with Crippen LogP contribution < -0.4 is 0 Å². The minimum absolute atomic E-state index is 0.0610. The lowest BCUT2D eigenvalue weighted by atomic mass is 10.1. The van der Waals surface area contributed by atoms with Crippen molar-refractivity contribution in [3.05, 3.63) is 23.8 Å². The molecule has 0 saturated carbocycles. The number of rotatable bonds is 4. The van der Waals surface area contributed by atoms with Crippen LogP contribution in [0, 0.1) is 0 Å². The molecule has 0 amide bonds. The van der Waals surface area contributed by atoms with Gasteiger partial charge in [-0.1, -0.05) is 0 Å². The summed E-state index contributed by atoms with van der Waals surface area (Å²) in [5.74, 6) is -0.428. The van der Waals surface area contributed by atoms with Crippen LogP contribution in [-0.4, -0.2) is 16.8 Å². The molecule has 0 spiro atoms. The third kappa shape index (κ3) is 6.56. The molecule has 9 heteroatoms. The Balaban J connectivity index is 3.09. The third-order valence-corrected chi connectivity index (χ3v) is 3.50. The summed E-state index contributed by atoms with van der Waals surface area (Å²) >= 11 is -0.880. The zero-order valence-electron chi connectivity index (χ0n) is 9.93. The van der Waals surface area contributed by atoms with E-state index >= 15 is 0 Å². The molecule has 0 aliphatic carbocycles. The second-order valence-electron chi connectivity index (χ2n) is 3.74. The number of benzene rings is 1. The van der Waals surface area contributed by atoms with E-state index in [1.807, 2.05) is 0 Å². The number of carbonyl (C=O) groups excluding carboxylic acids is 1. The van der Waals surface area contributed by atoms with Crippen LogP contribution in [0.4, 0.5) is 26.3 Å². The summed E-state index contributed by atoms with van der Waals surface area (Å²) < 4.78 is 73.6. The number of hydrogen-bond acceptors (Lipinski definition) is 3. The molecule has 0 saturated heterocycles. The number of carbonyl (C=O) groups is 1. The maximum atomic E-state index is 12.3. The van der Waals surface area contributed by atoms with E-state index in [0.29, 0.717) is 0 Å². The predicted molar refractivity (Wildman–Crippen MR) is 64.7 cm³/mol. The van der Waals surface area contributed by atoms with Gasteiger partial charge >= 0.3 is 11.0 Å². The van der Waals surface area contributed by atoms with Crippen LogP contribution in [0.2, 0.25) is 0 Å². The molecule has 1 aromatic carbocycles. The Morgan fingerprint density at radius 3 is 2.05 bits per heavy atom. The van der Waals surface area contributed by atoms with Gasteiger partial charge in [0.15, 0.2) is 0 Å². The summed E-state index contributed by atoms with van der Waals surface area (Å²) in [6, 6.07) is 2.87. The fourth-order valence-electron chi connectivity index (χ4n) is 1.38. The van der Waals surface area contributed by atoms with E-state index in [1.165, 1.54) is 0 Å². The Kier molecular flexibility index (Phi) is 5.42. The number of ketones is 1. The van der Waals surface area contributed by atoms with Crippen LogP contribution in [0.15, 0.2) is 28.0 Å². The monoisotopic (exact) mass is 334 g/mol. The van der Waals surface area contributed by atoms with E-state index in [-0.39, 0.29) is 21.8 Å². The molecule has 1 nitrogen and oxygen atoms in total. The fourth-order valence-corrected chi connectivity index (χ4v) is 2.64. The van der Waals surface area contributed by atoms with Crippen molar-refractivity contribution in [1.82, 2.24) is 0 Å². The summed E-state index contributed by atoms with van der Waals surface area (Å²) in [5, 5.41) is 0. The maximum absolute atomic E-state index is 12.3. The van der Waals surface area contributed by atoms with Gasteiger partial charge in [0.1, 0.15) is 5.78 Å². The quantitative estimate of drug-likeness (QED) is 0.567. The first-order chi connectivity index (χ1) is 8.96. The molecule has 0 aromatic heterocycles. The predicted octanol–water partition coefficient (Wildman–Crippen LogP) is 5.04. The highest BCUT2D eigenvalue weighted by Crippen LogP contribution is 2.42. The molecule has 0 radical (unpaired) electrons. The first-order valence-electron chi connectivity index (χ1n) is 5.10. The van der Waals surface area contributed by atoms with E-state index in [2.05, 4.69) is 0 Å². The molecule has 112 valence electrons. The van der Waals surface area contributed by atoms with E-state index < -0.39 is 40.3 Å². The molecule has 0 N–H and O–H groups in total. The van der Waals surface area contributed by atoms with Crippen LogP contribution >= 0.6 is 23.5 Å². The number of Topliss-reactive ketones (excluding diaryl/α,β-unsaturated/α-hetero) is 1. The molecule has 0 unspecified atom stereocenters. The van der Waals surface area contributed by atoms with Gasteiger partial charge in [-0.3, -0.25) is 4.79 Å². The van der Waals surface area contributed by atoms with Crippen LogP contribution in [0.3, 0.4) is 0 Å². The van der Waals surface area contributed by atoms with Crippen molar-refractivity contribution in [3.8, 4) is 0 Å². The first-order valence-corrected chi connectivity index (χ1v) is 6.73. The van der Waals surface area contributed by atoms with Gasteiger partial charge < -0.3 is 0 Å². The molecular formula is C11H8F6OS2. The van der Waals surface area contributed by atoms with Gasteiger partial charge in [-0.15, -0.1) is 0 Å². The Morgan fingerprint density at radius 2 is 1.60 bits per heavy atom. The van der Waals surface area contributed by atoms with Crippen molar-refractivity contribution in [3.63, 3.8) is 0 Å². The number of thioether (sulfide) groups is 2. The molecule has 0 bridgehead atoms. The summed E-state index contributed by atoms with van der Waals surface area (Å²) in [4.78, 5) is 10.5. The number of hydrogen-bond donors (Lipinski definition) is 0. The van der Waals surface area contributed by atoms with Gasteiger partial charge in [0.05, 0.1) is 0 Å². The number of halogens is 6. The van der Waals surface area contributed by atoms with Gasteiger partial charge in [-0.05, 0) is 54.2 Å². The molecule has 1 aromatic rings. The molecule has 0 atom stereocenters. The smallest absolute Gasteiger partial charge is 0.300 e. The average Bonchev–Trinajstić information content (AvgIpc) is 2.16. The van der Waals surface area contributed by atoms with E-state index in [0.717, 1.165) is 25.1 Å². The van der Waals surface area contributed by atoms with Gasteiger partial charge in [0, 0.05) is 16.2 Å². The minimum Gasteiger partial charge on any atom is -0.300 e. The fraction of sp³-hybridized carbons (Fsp3) is 0.364. The van der Waals surface area contributed by atoms with Gasteiger partial charge in [0.25, 0.3) is 0 Å². The Hall–Kier alpha value is -0.830. The van der Waals surface area contributed by atoms with Crippen molar-refractivity contribution in [1.29, 1.82) is 0 Å². The summed E-state index contributed by atoms with van der Waals surface area (Å²) in [5.41, 5.74) is -9.16.